The van der Waals surface area contributed by atoms with E-state index in [1.807, 2.05) is 18.2 Å². The summed E-state index contributed by atoms with van der Waals surface area (Å²) >= 11 is 0. The second-order valence-electron chi connectivity index (χ2n) is 6.35. The van der Waals surface area contributed by atoms with E-state index in [0.717, 1.165) is 41.1 Å². The largest absolute Gasteiger partial charge is 0.298 e. The smallest absolute Gasteiger partial charge is 0.152 e. The Morgan fingerprint density at radius 3 is 2.72 bits per heavy atom. The number of hydrogen-bond acceptors (Lipinski definition) is 6. The Hall–Kier alpha value is -2.73. The first kappa shape index (κ1) is 15.8. The van der Waals surface area contributed by atoms with Crippen LogP contribution in [0.3, 0.4) is 0 Å². The molecule has 1 aliphatic rings. The van der Waals surface area contributed by atoms with Crippen LogP contribution < -0.4 is 0 Å². The molecular formula is C19H19N5O. The quantitative estimate of drug-likeness (QED) is 0.713. The summed E-state index contributed by atoms with van der Waals surface area (Å²) in [6.07, 6.45) is 9.49. The van der Waals surface area contributed by atoms with Crippen molar-refractivity contribution in [2.45, 2.75) is 19.3 Å². The van der Waals surface area contributed by atoms with Gasteiger partial charge in [0.25, 0.3) is 0 Å². The number of Topliss-reactive ketones (excluding diaryl/α,β-unsaturated/α-hetero) is 1. The summed E-state index contributed by atoms with van der Waals surface area (Å²) in [6.45, 7) is 2.58. The zero-order chi connectivity index (χ0) is 17.1. The van der Waals surface area contributed by atoms with Crippen LogP contribution in [0.25, 0.3) is 22.3 Å². The average Bonchev–Trinajstić information content (AvgIpc) is 3.14. The molecule has 1 saturated heterocycles. The molecule has 4 rings (SSSR count). The Bertz CT molecular complexity index is 891. The van der Waals surface area contributed by atoms with Crippen molar-refractivity contribution in [1.82, 2.24) is 24.8 Å². The predicted octanol–water partition coefficient (Wildman–Crippen LogP) is 2.29. The molecule has 0 aliphatic carbocycles. The molecule has 6 heteroatoms. The molecule has 0 saturated carbocycles. The molecule has 1 aliphatic heterocycles. The van der Waals surface area contributed by atoms with Crippen LogP contribution in [0.4, 0.5) is 0 Å². The van der Waals surface area contributed by atoms with E-state index in [4.69, 9.17) is 0 Å². The first-order valence-corrected chi connectivity index (χ1v) is 8.54. The van der Waals surface area contributed by atoms with E-state index < -0.39 is 0 Å². The molecular weight excluding hydrogens is 314 g/mol. The lowest BCUT2D eigenvalue weighted by molar-refractivity contribution is -0.119. The maximum atomic E-state index is 12.3. The van der Waals surface area contributed by atoms with E-state index in [1.165, 1.54) is 12.8 Å². The minimum absolute atomic E-state index is 0.207. The van der Waals surface area contributed by atoms with Gasteiger partial charge in [0.15, 0.2) is 5.78 Å². The monoisotopic (exact) mass is 333 g/mol. The number of carbonyl (C=O) groups is 1. The van der Waals surface area contributed by atoms with E-state index in [0.29, 0.717) is 13.0 Å². The summed E-state index contributed by atoms with van der Waals surface area (Å²) < 4.78 is 0. The van der Waals surface area contributed by atoms with Gasteiger partial charge >= 0.3 is 0 Å². The number of nitrogens with zero attached hydrogens (tertiary/aromatic N) is 5. The van der Waals surface area contributed by atoms with E-state index in [9.17, 15) is 4.79 Å². The molecule has 1 fully saturated rings. The van der Waals surface area contributed by atoms with Crippen molar-refractivity contribution in [3.63, 3.8) is 0 Å². The molecule has 0 unspecified atom stereocenters. The first-order chi connectivity index (χ1) is 12.3. The molecule has 0 spiro atoms. The second-order valence-corrected chi connectivity index (χ2v) is 6.35. The van der Waals surface area contributed by atoms with Crippen LogP contribution >= 0.6 is 0 Å². The number of pyridine rings is 2. The van der Waals surface area contributed by atoms with Gasteiger partial charge in [0.1, 0.15) is 5.69 Å². The molecule has 25 heavy (non-hydrogen) atoms. The van der Waals surface area contributed by atoms with Crippen molar-refractivity contribution in [2.75, 3.05) is 19.6 Å². The molecule has 0 atom stereocenters. The summed E-state index contributed by atoms with van der Waals surface area (Å²) in [7, 11) is 0. The van der Waals surface area contributed by atoms with Crippen molar-refractivity contribution in [1.29, 1.82) is 0 Å². The molecule has 0 aromatic carbocycles. The van der Waals surface area contributed by atoms with Crippen molar-refractivity contribution >= 4 is 16.7 Å². The van der Waals surface area contributed by atoms with Crippen LogP contribution in [0.1, 0.15) is 18.5 Å². The molecule has 3 aromatic heterocycles. The first-order valence-electron chi connectivity index (χ1n) is 8.54. The van der Waals surface area contributed by atoms with Gasteiger partial charge in [-0.2, -0.15) is 0 Å². The number of fused-ring (bicyclic) bond motifs is 1. The van der Waals surface area contributed by atoms with Crippen LogP contribution in [0.15, 0.2) is 43.0 Å². The van der Waals surface area contributed by atoms with Gasteiger partial charge in [-0.1, -0.05) is 0 Å². The Balaban J connectivity index is 1.55. The molecule has 0 amide bonds. The third-order valence-corrected chi connectivity index (χ3v) is 4.43. The fourth-order valence-corrected chi connectivity index (χ4v) is 3.18. The lowest BCUT2D eigenvalue weighted by Crippen LogP contribution is -2.27. The highest BCUT2D eigenvalue weighted by molar-refractivity contribution is 5.85. The molecule has 3 aromatic rings. The lowest BCUT2D eigenvalue weighted by atomic mass is 10.1. The maximum absolute atomic E-state index is 12.3. The molecule has 6 nitrogen and oxygen atoms in total. The molecule has 0 N–H and O–H groups in total. The number of rotatable bonds is 5. The Labute approximate surface area is 146 Å². The highest BCUT2D eigenvalue weighted by Crippen LogP contribution is 2.19. The van der Waals surface area contributed by atoms with Gasteiger partial charge < -0.3 is 0 Å². The summed E-state index contributed by atoms with van der Waals surface area (Å²) in [5.74, 6) is 0.207. The lowest BCUT2D eigenvalue weighted by Gasteiger charge is -2.13. The summed E-state index contributed by atoms with van der Waals surface area (Å²) in [4.78, 5) is 31.9. The van der Waals surface area contributed by atoms with Crippen LogP contribution in [-0.2, 0) is 11.2 Å². The molecule has 4 heterocycles. The number of carbonyl (C=O) groups excluding carboxylic acids is 1. The number of aromatic nitrogens is 4. The maximum Gasteiger partial charge on any atom is 0.152 e. The third-order valence-electron chi connectivity index (χ3n) is 4.43. The normalized spacial score (nSPS) is 14.9. The summed E-state index contributed by atoms with van der Waals surface area (Å²) in [5.41, 5.74) is 3.08. The van der Waals surface area contributed by atoms with Gasteiger partial charge in [0, 0.05) is 29.7 Å². The summed E-state index contributed by atoms with van der Waals surface area (Å²) in [5, 5.41) is 0.948. The zero-order valence-electron chi connectivity index (χ0n) is 13.9. The van der Waals surface area contributed by atoms with E-state index in [-0.39, 0.29) is 5.78 Å². The summed E-state index contributed by atoms with van der Waals surface area (Å²) in [6, 6.07) is 5.78. The minimum Gasteiger partial charge on any atom is -0.298 e. The zero-order valence-corrected chi connectivity index (χ0v) is 13.9. The minimum atomic E-state index is 0.207. The molecule has 0 radical (unpaired) electrons. The van der Waals surface area contributed by atoms with E-state index in [2.05, 4.69) is 24.8 Å². The Kier molecular flexibility index (Phi) is 4.43. The van der Waals surface area contributed by atoms with Crippen molar-refractivity contribution in [2.24, 2.45) is 0 Å². The fraction of sp³-hybridized carbons (Fsp3) is 0.316. The number of likely N-dealkylation sites (tertiary alicyclic amines) is 1. The van der Waals surface area contributed by atoms with E-state index in [1.54, 1.807) is 24.8 Å². The average molecular weight is 333 g/mol. The number of ketones is 1. The second kappa shape index (κ2) is 7.03. The van der Waals surface area contributed by atoms with Crippen LogP contribution in [0.5, 0.6) is 0 Å². The Morgan fingerprint density at radius 2 is 1.92 bits per heavy atom. The standard InChI is InChI=1S/C19H19N5O/c25-16(13-24-7-1-2-8-24)9-15-10-18-14(11-22-15)3-4-17(23-18)19-12-20-5-6-21-19/h3-6,10-12H,1-2,7-9,13H2. The van der Waals surface area contributed by atoms with Crippen molar-refractivity contribution < 1.29 is 4.79 Å². The van der Waals surface area contributed by atoms with Crippen LogP contribution in [0.2, 0.25) is 0 Å². The molecule has 126 valence electrons. The predicted molar refractivity (Wildman–Crippen MR) is 94.9 cm³/mol. The van der Waals surface area contributed by atoms with Crippen molar-refractivity contribution in [3.8, 4) is 11.4 Å². The van der Waals surface area contributed by atoms with E-state index >= 15 is 0 Å². The van der Waals surface area contributed by atoms with Gasteiger partial charge in [-0.25, -0.2) is 4.98 Å². The van der Waals surface area contributed by atoms with Crippen molar-refractivity contribution in [3.05, 3.63) is 48.7 Å². The molecule has 0 bridgehead atoms. The SMILES string of the molecule is O=C(Cc1cc2nc(-c3cnccn3)ccc2cn1)CN1CCCC1. The Morgan fingerprint density at radius 1 is 1.04 bits per heavy atom. The van der Waals surface area contributed by atoms with Crippen LogP contribution in [0, 0.1) is 0 Å². The highest BCUT2D eigenvalue weighted by Gasteiger charge is 2.16. The van der Waals surface area contributed by atoms with Gasteiger partial charge in [0.05, 0.1) is 30.4 Å². The number of hydrogen-bond donors (Lipinski definition) is 0. The van der Waals surface area contributed by atoms with Gasteiger partial charge in [-0.3, -0.25) is 24.6 Å². The fourth-order valence-electron chi connectivity index (χ4n) is 3.18. The van der Waals surface area contributed by atoms with Gasteiger partial charge in [-0.15, -0.1) is 0 Å². The van der Waals surface area contributed by atoms with Gasteiger partial charge in [0.2, 0.25) is 0 Å². The third kappa shape index (κ3) is 3.69. The topological polar surface area (TPSA) is 71.9 Å². The van der Waals surface area contributed by atoms with Crippen LogP contribution in [-0.4, -0.2) is 50.3 Å². The van der Waals surface area contributed by atoms with Gasteiger partial charge in [-0.05, 0) is 44.1 Å². The highest BCUT2D eigenvalue weighted by atomic mass is 16.1.